The standard InChI is InChI=1S/C15H18O6S/c1-11(13(14(16)20-2)15(17)21-3)9-10-22(18,19)12-7-5-4-6-8-12/h4-11,13H,1-3H3/b10-9+. The monoisotopic (exact) mass is 326 g/mol. The van der Waals surface area contributed by atoms with Crippen LogP contribution in [0.4, 0.5) is 0 Å². The van der Waals surface area contributed by atoms with Crippen molar-refractivity contribution in [2.24, 2.45) is 11.8 Å². The van der Waals surface area contributed by atoms with E-state index in [1.807, 2.05) is 0 Å². The number of allylic oxidation sites excluding steroid dienone is 1. The first-order valence-corrected chi connectivity index (χ1v) is 8.02. The van der Waals surface area contributed by atoms with Crippen LogP contribution in [0.2, 0.25) is 0 Å². The van der Waals surface area contributed by atoms with Gasteiger partial charge in [-0.1, -0.05) is 31.2 Å². The molecule has 22 heavy (non-hydrogen) atoms. The summed E-state index contributed by atoms with van der Waals surface area (Å²) in [5.74, 6) is -3.46. The lowest BCUT2D eigenvalue weighted by Crippen LogP contribution is -2.31. The minimum Gasteiger partial charge on any atom is -0.468 e. The van der Waals surface area contributed by atoms with Crippen molar-refractivity contribution in [1.29, 1.82) is 0 Å². The molecule has 0 fully saturated rings. The van der Waals surface area contributed by atoms with Gasteiger partial charge in [-0.3, -0.25) is 9.59 Å². The van der Waals surface area contributed by atoms with Crippen LogP contribution in [0, 0.1) is 11.8 Å². The predicted octanol–water partition coefficient (Wildman–Crippen LogP) is 1.57. The van der Waals surface area contributed by atoms with Crippen LogP contribution in [0.25, 0.3) is 0 Å². The summed E-state index contributed by atoms with van der Waals surface area (Å²) in [5.41, 5.74) is 0. The van der Waals surface area contributed by atoms with E-state index in [4.69, 9.17) is 0 Å². The van der Waals surface area contributed by atoms with E-state index in [0.717, 1.165) is 19.6 Å². The molecule has 0 amide bonds. The van der Waals surface area contributed by atoms with Gasteiger partial charge in [0.1, 0.15) is 0 Å². The molecule has 0 bridgehead atoms. The molecule has 0 N–H and O–H groups in total. The lowest BCUT2D eigenvalue weighted by Gasteiger charge is -2.16. The van der Waals surface area contributed by atoms with E-state index in [2.05, 4.69) is 9.47 Å². The van der Waals surface area contributed by atoms with Gasteiger partial charge in [-0.25, -0.2) is 8.42 Å². The lowest BCUT2D eigenvalue weighted by atomic mass is 9.94. The number of esters is 2. The topological polar surface area (TPSA) is 86.7 Å². The van der Waals surface area contributed by atoms with E-state index in [-0.39, 0.29) is 4.90 Å². The van der Waals surface area contributed by atoms with Crippen LogP contribution in [0.15, 0.2) is 46.7 Å². The van der Waals surface area contributed by atoms with Crippen LogP contribution >= 0.6 is 0 Å². The van der Waals surface area contributed by atoms with Crippen LogP contribution in [0.5, 0.6) is 0 Å². The maximum absolute atomic E-state index is 12.1. The van der Waals surface area contributed by atoms with E-state index in [0.29, 0.717) is 0 Å². The van der Waals surface area contributed by atoms with Crippen LogP contribution < -0.4 is 0 Å². The molecular formula is C15H18O6S. The van der Waals surface area contributed by atoms with Gasteiger partial charge in [0.25, 0.3) is 0 Å². The van der Waals surface area contributed by atoms with Crippen LogP contribution in [-0.4, -0.2) is 34.6 Å². The molecule has 0 aliphatic heterocycles. The predicted molar refractivity (Wildman–Crippen MR) is 79.5 cm³/mol. The Bertz CT molecular complexity index is 632. The molecule has 1 aromatic carbocycles. The van der Waals surface area contributed by atoms with E-state index < -0.39 is 33.6 Å². The number of ether oxygens (including phenoxy) is 2. The van der Waals surface area contributed by atoms with Gasteiger partial charge < -0.3 is 9.47 Å². The Morgan fingerprint density at radius 2 is 1.55 bits per heavy atom. The Kier molecular flexibility index (Phi) is 6.30. The molecule has 0 saturated heterocycles. The fourth-order valence-electron chi connectivity index (χ4n) is 1.81. The fraction of sp³-hybridized carbons (Fsp3) is 0.333. The van der Waals surface area contributed by atoms with Gasteiger partial charge in [0.2, 0.25) is 0 Å². The molecule has 0 aliphatic carbocycles. The van der Waals surface area contributed by atoms with Gasteiger partial charge in [0.05, 0.1) is 19.1 Å². The number of carbonyl (C=O) groups excluding carboxylic acids is 2. The highest BCUT2D eigenvalue weighted by molar-refractivity contribution is 7.94. The second kappa shape index (κ2) is 7.74. The van der Waals surface area contributed by atoms with Gasteiger partial charge in [-0.2, -0.15) is 0 Å². The zero-order valence-corrected chi connectivity index (χ0v) is 13.4. The largest absolute Gasteiger partial charge is 0.468 e. The zero-order chi connectivity index (χ0) is 16.8. The Labute approximate surface area is 129 Å². The van der Waals surface area contributed by atoms with Crippen molar-refractivity contribution in [3.63, 3.8) is 0 Å². The van der Waals surface area contributed by atoms with Crippen LogP contribution in [0.1, 0.15) is 6.92 Å². The quantitative estimate of drug-likeness (QED) is 0.582. The molecule has 1 atom stereocenters. The smallest absolute Gasteiger partial charge is 0.320 e. The summed E-state index contributed by atoms with van der Waals surface area (Å²) in [5, 5.41) is 0.978. The summed E-state index contributed by atoms with van der Waals surface area (Å²) in [6.07, 6.45) is 1.28. The molecule has 0 aromatic heterocycles. The summed E-state index contributed by atoms with van der Waals surface area (Å²) in [4.78, 5) is 23.4. The second-order valence-corrected chi connectivity index (χ2v) is 6.40. The van der Waals surface area contributed by atoms with E-state index in [1.54, 1.807) is 18.2 Å². The summed E-state index contributed by atoms with van der Waals surface area (Å²) in [7, 11) is -1.34. The lowest BCUT2D eigenvalue weighted by molar-refractivity contribution is -0.160. The number of rotatable bonds is 6. The Morgan fingerprint density at radius 1 is 1.05 bits per heavy atom. The van der Waals surface area contributed by atoms with Crippen molar-refractivity contribution in [2.75, 3.05) is 14.2 Å². The van der Waals surface area contributed by atoms with E-state index >= 15 is 0 Å². The SMILES string of the molecule is COC(=O)C(C(=O)OC)C(C)/C=C/S(=O)(=O)c1ccccc1. The molecule has 1 rings (SSSR count). The molecule has 6 nitrogen and oxygen atoms in total. The molecular weight excluding hydrogens is 308 g/mol. The van der Waals surface area contributed by atoms with Crippen molar-refractivity contribution in [1.82, 2.24) is 0 Å². The summed E-state index contributed by atoms with van der Waals surface area (Å²) in [6, 6.07) is 7.84. The Balaban J connectivity index is 3.00. The molecule has 0 spiro atoms. The number of hydrogen-bond acceptors (Lipinski definition) is 6. The summed E-state index contributed by atoms with van der Waals surface area (Å²) in [6.45, 7) is 1.54. The molecule has 0 aliphatic rings. The molecule has 0 saturated carbocycles. The molecule has 0 radical (unpaired) electrons. The molecule has 1 aromatic rings. The third-order valence-corrected chi connectivity index (χ3v) is 4.51. The van der Waals surface area contributed by atoms with Crippen LogP contribution in [-0.2, 0) is 28.9 Å². The molecule has 0 heterocycles. The fourth-order valence-corrected chi connectivity index (χ4v) is 2.96. The van der Waals surface area contributed by atoms with Gasteiger partial charge >= 0.3 is 11.9 Å². The van der Waals surface area contributed by atoms with E-state index in [9.17, 15) is 18.0 Å². The van der Waals surface area contributed by atoms with Crippen molar-refractivity contribution in [3.05, 3.63) is 41.8 Å². The molecule has 7 heteroatoms. The normalized spacial score (nSPS) is 13.1. The van der Waals surface area contributed by atoms with Gasteiger partial charge in [-0.15, -0.1) is 0 Å². The molecule has 1 unspecified atom stereocenters. The second-order valence-electron chi connectivity index (χ2n) is 4.57. The first kappa shape index (κ1) is 17.9. The maximum Gasteiger partial charge on any atom is 0.320 e. The zero-order valence-electron chi connectivity index (χ0n) is 12.6. The first-order chi connectivity index (χ1) is 10.3. The van der Waals surface area contributed by atoms with Gasteiger partial charge in [0.15, 0.2) is 15.8 Å². The number of sulfone groups is 1. The van der Waals surface area contributed by atoms with Gasteiger partial charge in [-0.05, 0) is 18.1 Å². The number of benzene rings is 1. The average Bonchev–Trinajstić information content (AvgIpc) is 2.53. The average molecular weight is 326 g/mol. The first-order valence-electron chi connectivity index (χ1n) is 6.47. The van der Waals surface area contributed by atoms with Crippen molar-refractivity contribution < 1.29 is 27.5 Å². The third-order valence-electron chi connectivity index (χ3n) is 3.07. The van der Waals surface area contributed by atoms with Crippen molar-refractivity contribution in [2.45, 2.75) is 11.8 Å². The number of methoxy groups -OCH3 is 2. The Hall–Kier alpha value is -2.15. The maximum atomic E-state index is 12.1. The molecule has 120 valence electrons. The van der Waals surface area contributed by atoms with Crippen molar-refractivity contribution in [3.8, 4) is 0 Å². The van der Waals surface area contributed by atoms with E-state index in [1.165, 1.54) is 25.1 Å². The van der Waals surface area contributed by atoms with Crippen LogP contribution in [0.3, 0.4) is 0 Å². The minimum absolute atomic E-state index is 0.131. The highest BCUT2D eigenvalue weighted by Crippen LogP contribution is 2.19. The van der Waals surface area contributed by atoms with Gasteiger partial charge in [0, 0.05) is 5.41 Å². The number of carbonyl (C=O) groups is 2. The summed E-state index contributed by atoms with van der Waals surface area (Å²) >= 11 is 0. The number of hydrogen-bond donors (Lipinski definition) is 0. The van der Waals surface area contributed by atoms with Crippen molar-refractivity contribution >= 4 is 21.8 Å². The minimum atomic E-state index is -3.64. The third kappa shape index (κ3) is 4.42. The summed E-state index contributed by atoms with van der Waals surface area (Å²) < 4.78 is 33.3. The highest BCUT2D eigenvalue weighted by Gasteiger charge is 2.33. The highest BCUT2D eigenvalue weighted by atomic mass is 32.2. The Morgan fingerprint density at radius 3 is 2.00 bits per heavy atom.